The van der Waals surface area contributed by atoms with Crippen molar-refractivity contribution in [1.82, 2.24) is 4.90 Å². The summed E-state index contributed by atoms with van der Waals surface area (Å²) in [6.07, 6.45) is 5.62. The summed E-state index contributed by atoms with van der Waals surface area (Å²) in [6.45, 7) is 0. The van der Waals surface area contributed by atoms with E-state index in [-0.39, 0.29) is 0 Å². The normalized spacial score (nSPS) is 20.4. The van der Waals surface area contributed by atoms with Gasteiger partial charge in [0.05, 0.1) is 6.04 Å². The van der Waals surface area contributed by atoms with Gasteiger partial charge in [0.15, 0.2) is 0 Å². The highest BCUT2D eigenvalue weighted by Gasteiger charge is 2.16. The molecule has 2 rings (SSSR count). The Kier molecular flexibility index (Phi) is 2.19. The average molecular weight is 173 g/mol. The minimum atomic E-state index is 0.463. The van der Waals surface area contributed by atoms with Gasteiger partial charge in [-0.2, -0.15) is 0 Å². The largest absolute Gasteiger partial charge is 0.299 e. The summed E-state index contributed by atoms with van der Waals surface area (Å²) in [6, 6.07) is 9.14. The maximum Gasteiger partial charge on any atom is 0.0529 e. The van der Waals surface area contributed by atoms with Crippen LogP contribution in [0.2, 0.25) is 0 Å². The first-order valence-corrected chi connectivity index (χ1v) is 4.70. The topological polar surface area (TPSA) is 3.24 Å². The van der Waals surface area contributed by atoms with Gasteiger partial charge in [-0.25, -0.2) is 0 Å². The number of nitrogens with zero attached hydrogens (tertiary/aromatic N) is 1. The molecular formula is C12H15N. The van der Waals surface area contributed by atoms with Crippen molar-refractivity contribution in [3.8, 4) is 0 Å². The first-order valence-electron chi connectivity index (χ1n) is 4.70. The standard InChI is InChI=1S/C12H15N/c1-13(2)12-9-5-7-10-6-3-4-8-11(10)12/h3-6,8-9,12H,7H2,1-2H3. The van der Waals surface area contributed by atoms with Crippen LogP contribution in [0.1, 0.15) is 17.2 Å². The molecule has 1 atom stereocenters. The fourth-order valence-electron chi connectivity index (χ4n) is 1.89. The van der Waals surface area contributed by atoms with Gasteiger partial charge in [-0.3, -0.25) is 4.90 Å². The van der Waals surface area contributed by atoms with Crippen molar-refractivity contribution in [2.75, 3.05) is 14.1 Å². The lowest BCUT2D eigenvalue weighted by Gasteiger charge is -2.26. The number of likely N-dealkylation sites (N-methyl/N-ethyl adjacent to an activating group) is 1. The van der Waals surface area contributed by atoms with Crippen LogP contribution in [-0.4, -0.2) is 19.0 Å². The summed E-state index contributed by atoms with van der Waals surface area (Å²) in [7, 11) is 4.24. The Morgan fingerprint density at radius 1 is 1.23 bits per heavy atom. The second kappa shape index (κ2) is 3.35. The number of benzene rings is 1. The summed E-state index contributed by atoms with van der Waals surface area (Å²) >= 11 is 0. The Balaban J connectivity index is 2.42. The average Bonchev–Trinajstić information content (AvgIpc) is 2.17. The van der Waals surface area contributed by atoms with Crippen molar-refractivity contribution < 1.29 is 0 Å². The molecule has 1 nitrogen and oxygen atoms in total. The van der Waals surface area contributed by atoms with Gasteiger partial charge in [-0.1, -0.05) is 36.4 Å². The minimum absolute atomic E-state index is 0.463. The van der Waals surface area contributed by atoms with Crippen molar-refractivity contribution in [1.29, 1.82) is 0 Å². The molecule has 0 aliphatic heterocycles. The first-order chi connectivity index (χ1) is 6.29. The van der Waals surface area contributed by atoms with Gasteiger partial charge in [0.1, 0.15) is 0 Å². The van der Waals surface area contributed by atoms with E-state index in [1.54, 1.807) is 0 Å². The smallest absolute Gasteiger partial charge is 0.0529 e. The Bertz CT molecular complexity index is 326. The second-order valence-electron chi connectivity index (χ2n) is 3.74. The third-order valence-electron chi connectivity index (χ3n) is 2.59. The van der Waals surface area contributed by atoms with E-state index in [4.69, 9.17) is 0 Å². The van der Waals surface area contributed by atoms with Gasteiger partial charge in [-0.15, -0.1) is 0 Å². The minimum Gasteiger partial charge on any atom is -0.299 e. The number of fused-ring (bicyclic) bond motifs is 1. The van der Waals surface area contributed by atoms with Crippen molar-refractivity contribution in [2.24, 2.45) is 0 Å². The molecule has 0 spiro atoms. The van der Waals surface area contributed by atoms with E-state index >= 15 is 0 Å². The van der Waals surface area contributed by atoms with Gasteiger partial charge in [0, 0.05) is 0 Å². The molecule has 1 heteroatoms. The second-order valence-corrected chi connectivity index (χ2v) is 3.74. The molecule has 1 aromatic rings. The molecule has 0 saturated carbocycles. The summed E-state index contributed by atoms with van der Waals surface area (Å²) in [4.78, 5) is 2.24. The molecule has 0 amide bonds. The maximum atomic E-state index is 2.28. The highest BCUT2D eigenvalue weighted by molar-refractivity contribution is 5.37. The van der Waals surface area contributed by atoms with E-state index in [9.17, 15) is 0 Å². The fourth-order valence-corrected chi connectivity index (χ4v) is 1.89. The molecule has 1 aromatic carbocycles. The number of allylic oxidation sites excluding steroid dienone is 1. The Morgan fingerprint density at radius 2 is 2.00 bits per heavy atom. The van der Waals surface area contributed by atoms with Crippen LogP contribution >= 0.6 is 0 Å². The van der Waals surface area contributed by atoms with Gasteiger partial charge in [0.2, 0.25) is 0 Å². The van der Waals surface area contributed by atoms with E-state index in [0.29, 0.717) is 6.04 Å². The molecular weight excluding hydrogens is 158 g/mol. The predicted octanol–water partition coefficient (Wildman–Crippen LogP) is 2.40. The van der Waals surface area contributed by atoms with Gasteiger partial charge in [0.25, 0.3) is 0 Å². The van der Waals surface area contributed by atoms with Crippen LogP contribution in [0.15, 0.2) is 36.4 Å². The molecule has 0 N–H and O–H groups in total. The van der Waals surface area contributed by atoms with E-state index in [0.717, 1.165) is 6.42 Å². The molecule has 1 unspecified atom stereocenters. The lowest BCUT2D eigenvalue weighted by Crippen LogP contribution is -2.21. The molecule has 0 radical (unpaired) electrons. The summed E-state index contributed by atoms with van der Waals surface area (Å²) in [5.74, 6) is 0. The van der Waals surface area contributed by atoms with Gasteiger partial charge >= 0.3 is 0 Å². The molecule has 0 aromatic heterocycles. The third-order valence-corrected chi connectivity index (χ3v) is 2.59. The van der Waals surface area contributed by atoms with Crippen molar-refractivity contribution in [2.45, 2.75) is 12.5 Å². The summed E-state index contributed by atoms with van der Waals surface area (Å²) < 4.78 is 0. The molecule has 1 aliphatic carbocycles. The zero-order chi connectivity index (χ0) is 9.26. The highest BCUT2D eigenvalue weighted by atomic mass is 15.1. The van der Waals surface area contributed by atoms with Crippen LogP contribution < -0.4 is 0 Å². The Labute approximate surface area is 79.7 Å². The number of hydrogen-bond donors (Lipinski definition) is 0. The number of hydrogen-bond acceptors (Lipinski definition) is 1. The van der Waals surface area contributed by atoms with Gasteiger partial charge < -0.3 is 0 Å². The van der Waals surface area contributed by atoms with E-state index in [1.165, 1.54) is 11.1 Å². The van der Waals surface area contributed by atoms with Crippen molar-refractivity contribution >= 4 is 0 Å². The van der Waals surface area contributed by atoms with E-state index in [2.05, 4.69) is 55.4 Å². The van der Waals surface area contributed by atoms with Crippen LogP contribution in [0.3, 0.4) is 0 Å². The summed E-state index contributed by atoms with van der Waals surface area (Å²) in [5, 5.41) is 0. The van der Waals surface area contributed by atoms with Crippen LogP contribution in [0.25, 0.3) is 0 Å². The van der Waals surface area contributed by atoms with Crippen LogP contribution in [-0.2, 0) is 6.42 Å². The summed E-state index contributed by atoms with van der Waals surface area (Å²) in [5.41, 5.74) is 2.92. The lowest BCUT2D eigenvalue weighted by molar-refractivity contribution is 0.347. The Morgan fingerprint density at radius 3 is 2.77 bits per heavy atom. The quantitative estimate of drug-likeness (QED) is 0.589. The highest BCUT2D eigenvalue weighted by Crippen LogP contribution is 2.27. The zero-order valence-corrected chi connectivity index (χ0v) is 8.20. The maximum absolute atomic E-state index is 2.28. The molecule has 0 saturated heterocycles. The molecule has 13 heavy (non-hydrogen) atoms. The number of rotatable bonds is 1. The van der Waals surface area contributed by atoms with Crippen LogP contribution in [0.5, 0.6) is 0 Å². The molecule has 68 valence electrons. The monoisotopic (exact) mass is 173 g/mol. The first kappa shape index (κ1) is 8.52. The van der Waals surface area contributed by atoms with E-state index < -0.39 is 0 Å². The molecule has 1 aliphatic rings. The van der Waals surface area contributed by atoms with Gasteiger partial charge in [-0.05, 0) is 31.6 Å². The fraction of sp³-hybridized carbons (Fsp3) is 0.333. The van der Waals surface area contributed by atoms with E-state index in [1.807, 2.05) is 0 Å². The zero-order valence-electron chi connectivity index (χ0n) is 8.20. The van der Waals surface area contributed by atoms with Crippen molar-refractivity contribution in [3.05, 3.63) is 47.5 Å². The third kappa shape index (κ3) is 1.52. The predicted molar refractivity (Wildman–Crippen MR) is 55.7 cm³/mol. The lowest BCUT2D eigenvalue weighted by atomic mass is 9.92. The van der Waals surface area contributed by atoms with Crippen LogP contribution in [0, 0.1) is 0 Å². The molecule has 0 heterocycles. The van der Waals surface area contributed by atoms with Crippen LogP contribution in [0.4, 0.5) is 0 Å². The van der Waals surface area contributed by atoms with Crippen molar-refractivity contribution in [3.63, 3.8) is 0 Å². The molecule has 0 fully saturated rings. The Hall–Kier alpha value is -1.08. The SMILES string of the molecule is CN(C)C1C=CCc2ccccc21. The molecule has 0 bridgehead atoms.